The topological polar surface area (TPSA) is 90.0 Å². The Morgan fingerprint density at radius 1 is 0.886 bits per heavy atom. The van der Waals surface area contributed by atoms with Crippen LogP contribution >= 0.6 is 0 Å². The van der Waals surface area contributed by atoms with E-state index in [0.717, 1.165) is 5.56 Å². The van der Waals surface area contributed by atoms with Gasteiger partial charge in [-0.2, -0.15) is 0 Å². The Labute approximate surface area is 203 Å². The zero-order chi connectivity index (χ0) is 24.8. The zero-order valence-electron chi connectivity index (χ0n) is 19.3. The summed E-state index contributed by atoms with van der Waals surface area (Å²) in [5.74, 6) is -1.89. The first-order chi connectivity index (χ1) is 16.9. The van der Waals surface area contributed by atoms with E-state index in [1.54, 1.807) is 35.2 Å². The average molecular weight is 472 g/mol. The number of hydrogen-bond donors (Lipinski definition) is 0. The minimum atomic E-state index is -0.610. The highest BCUT2D eigenvalue weighted by atomic mass is 16.5. The largest absolute Gasteiger partial charge is 0.457 e. The Bertz CT molecular complexity index is 1210. The van der Waals surface area contributed by atoms with Gasteiger partial charge >= 0.3 is 11.9 Å². The third-order valence-electron chi connectivity index (χ3n) is 5.98. The molecule has 35 heavy (non-hydrogen) atoms. The number of carbonyl (C=O) groups is 4. The van der Waals surface area contributed by atoms with Gasteiger partial charge in [0.05, 0.1) is 17.5 Å². The number of likely N-dealkylation sites (tertiary alicyclic amines) is 1. The molecule has 1 fully saturated rings. The summed E-state index contributed by atoms with van der Waals surface area (Å²) < 4.78 is 10.5. The van der Waals surface area contributed by atoms with E-state index in [4.69, 9.17) is 9.47 Å². The number of carbonyl (C=O) groups excluding carboxylic acids is 4. The lowest BCUT2D eigenvalue weighted by Gasteiger charge is -2.25. The van der Waals surface area contributed by atoms with Gasteiger partial charge in [0.1, 0.15) is 5.75 Å². The van der Waals surface area contributed by atoms with Gasteiger partial charge in [-0.15, -0.1) is 0 Å². The lowest BCUT2D eigenvalue weighted by Crippen LogP contribution is -2.30. The van der Waals surface area contributed by atoms with Gasteiger partial charge in [-0.25, -0.2) is 4.79 Å². The van der Waals surface area contributed by atoms with Crippen LogP contribution in [0.15, 0.2) is 84.9 Å². The monoisotopic (exact) mass is 471 g/mol. The van der Waals surface area contributed by atoms with Crippen LogP contribution in [0.25, 0.3) is 0 Å². The Morgan fingerprint density at radius 3 is 2.17 bits per heavy atom. The van der Waals surface area contributed by atoms with Gasteiger partial charge < -0.3 is 14.4 Å². The van der Waals surface area contributed by atoms with Gasteiger partial charge in [-0.05, 0) is 48.9 Å². The Morgan fingerprint density at radius 2 is 1.51 bits per heavy atom. The quantitative estimate of drug-likeness (QED) is 0.277. The summed E-state index contributed by atoms with van der Waals surface area (Å²) in [4.78, 5) is 51.3. The summed E-state index contributed by atoms with van der Waals surface area (Å²) in [5.41, 5.74) is 1.73. The van der Waals surface area contributed by atoms with Crippen molar-refractivity contribution in [2.75, 3.05) is 13.2 Å². The molecule has 1 saturated heterocycles. The van der Waals surface area contributed by atoms with E-state index in [1.165, 1.54) is 24.3 Å². The minimum Gasteiger partial charge on any atom is -0.457 e. The predicted octanol–water partition coefficient (Wildman–Crippen LogP) is 4.24. The molecule has 0 saturated carbocycles. The molecule has 4 rings (SSSR count). The normalized spacial score (nSPS) is 16.0. The molecule has 0 aromatic heterocycles. The molecule has 1 aliphatic rings. The van der Waals surface area contributed by atoms with Crippen LogP contribution < -0.4 is 4.74 Å². The molecule has 1 aliphatic heterocycles. The Balaban J connectivity index is 1.28. The predicted molar refractivity (Wildman–Crippen MR) is 128 cm³/mol. The molecule has 178 valence electrons. The van der Waals surface area contributed by atoms with E-state index in [9.17, 15) is 19.2 Å². The number of amides is 1. The van der Waals surface area contributed by atoms with E-state index >= 15 is 0 Å². The maximum Gasteiger partial charge on any atom is 0.343 e. The maximum absolute atomic E-state index is 12.5. The van der Waals surface area contributed by atoms with Crippen molar-refractivity contribution in [3.8, 4) is 5.75 Å². The SMILES string of the molecule is C[C@@H](c1ccccc1)N1C[C@@H](C(=O)OCC(=O)c2ccc(OC(=O)c3ccccc3)cc2)CC1=O. The number of ether oxygens (including phenoxy) is 2. The van der Waals surface area contributed by atoms with Crippen molar-refractivity contribution in [2.45, 2.75) is 19.4 Å². The lowest BCUT2D eigenvalue weighted by atomic mass is 10.1. The summed E-state index contributed by atoms with van der Waals surface area (Å²) in [5, 5.41) is 0. The molecule has 1 amide bonds. The van der Waals surface area contributed by atoms with E-state index in [2.05, 4.69) is 0 Å². The second-order valence-corrected chi connectivity index (χ2v) is 8.34. The third-order valence-corrected chi connectivity index (χ3v) is 5.98. The van der Waals surface area contributed by atoms with Gasteiger partial charge in [0, 0.05) is 18.5 Å². The lowest BCUT2D eigenvalue weighted by molar-refractivity contribution is -0.147. The van der Waals surface area contributed by atoms with Gasteiger partial charge in [-0.3, -0.25) is 14.4 Å². The first kappa shape index (κ1) is 23.9. The molecule has 3 aromatic carbocycles. The molecule has 3 aromatic rings. The van der Waals surface area contributed by atoms with Crippen LogP contribution in [0.2, 0.25) is 0 Å². The first-order valence-corrected chi connectivity index (χ1v) is 11.3. The van der Waals surface area contributed by atoms with Crippen LogP contribution in [0, 0.1) is 5.92 Å². The highest BCUT2D eigenvalue weighted by Crippen LogP contribution is 2.29. The van der Waals surface area contributed by atoms with Crippen molar-refractivity contribution in [3.05, 3.63) is 102 Å². The number of ketones is 1. The van der Waals surface area contributed by atoms with Crippen molar-refractivity contribution >= 4 is 23.6 Å². The maximum atomic E-state index is 12.5. The second kappa shape index (κ2) is 10.8. The van der Waals surface area contributed by atoms with Crippen molar-refractivity contribution in [1.82, 2.24) is 4.90 Å². The number of Topliss-reactive ketones (excluding diaryl/α,β-unsaturated/α-hetero) is 1. The van der Waals surface area contributed by atoms with Gasteiger partial charge in [0.25, 0.3) is 0 Å². The van der Waals surface area contributed by atoms with Crippen molar-refractivity contribution in [1.29, 1.82) is 0 Å². The Hall–Kier alpha value is -4.26. The minimum absolute atomic E-state index is 0.0612. The van der Waals surface area contributed by atoms with E-state index in [-0.39, 0.29) is 24.9 Å². The highest BCUT2D eigenvalue weighted by molar-refractivity contribution is 5.98. The molecule has 7 heteroatoms. The fourth-order valence-corrected chi connectivity index (χ4v) is 3.96. The number of nitrogens with zero attached hydrogens (tertiary/aromatic N) is 1. The number of hydrogen-bond acceptors (Lipinski definition) is 6. The molecule has 0 N–H and O–H groups in total. The molecular weight excluding hydrogens is 446 g/mol. The molecule has 1 heterocycles. The highest BCUT2D eigenvalue weighted by Gasteiger charge is 2.38. The fraction of sp³-hybridized carbons (Fsp3) is 0.214. The van der Waals surface area contributed by atoms with Gasteiger partial charge in [0.15, 0.2) is 12.4 Å². The molecule has 0 aliphatic carbocycles. The third kappa shape index (κ3) is 5.81. The van der Waals surface area contributed by atoms with Crippen LogP contribution in [-0.4, -0.2) is 41.7 Å². The van der Waals surface area contributed by atoms with Crippen molar-refractivity contribution in [3.63, 3.8) is 0 Å². The van der Waals surface area contributed by atoms with Crippen molar-refractivity contribution in [2.24, 2.45) is 5.92 Å². The van der Waals surface area contributed by atoms with E-state index in [1.807, 2.05) is 37.3 Å². The summed E-state index contributed by atoms with van der Waals surface area (Å²) in [6.45, 7) is 1.75. The van der Waals surface area contributed by atoms with Crippen LogP contribution in [0.4, 0.5) is 0 Å². The molecule has 0 radical (unpaired) electrons. The van der Waals surface area contributed by atoms with Gasteiger partial charge in [-0.1, -0.05) is 48.5 Å². The standard InChI is InChI=1S/C28H25NO6/c1-19(20-8-4-2-5-9-20)29-17-23(16-26(29)31)27(32)34-18-25(30)21-12-14-24(15-13-21)35-28(33)22-10-6-3-7-11-22/h2-15,19,23H,16-18H2,1H3/t19-,23-/m0/s1. The summed E-state index contributed by atoms with van der Waals surface area (Å²) >= 11 is 0. The molecular formula is C28H25NO6. The van der Waals surface area contributed by atoms with Crippen molar-refractivity contribution < 1.29 is 28.7 Å². The van der Waals surface area contributed by atoms with E-state index < -0.39 is 30.2 Å². The zero-order valence-corrected chi connectivity index (χ0v) is 19.3. The molecule has 7 nitrogen and oxygen atoms in total. The molecule has 0 spiro atoms. The van der Waals surface area contributed by atoms with Crippen LogP contribution in [0.1, 0.15) is 45.7 Å². The fourth-order valence-electron chi connectivity index (χ4n) is 3.96. The second-order valence-electron chi connectivity index (χ2n) is 8.34. The van der Waals surface area contributed by atoms with Crippen LogP contribution in [0.3, 0.4) is 0 Å². The summed E-state index contributed by atoms with van der Waals surface area (Å²) in [6.07, 6.45) is 0.0612. The number of benzene rings is 3. The first-order valence-electron chi connectivity index (χ1n) is 11.3. The molecule has 0 unspecified atom stereocenters. The summed E-state index contributed by atoms with van der Waals surface area (Å²) in [7, 11) is 0. The number of esters is 2. The summed E-state index contributed by atoms with van der Waals surface area (Å²) in [6, 6.07) is 24.0. The van der Waals surface area contributed by atoms with Crippen LogP contribution in [0.5, 0.6) is 5.75 Å². The smallest absolute Gasteiger partial charge is 0.343 e. The van der Waals surface area contributed by atoms with Gasteiger partial charge in [0.2, 0.25) is 5.91 Å². The molecule has 0 bridgehead atoms. The number of rotatable bonds is 8. The van der Waals surface area contributed by atoms with Crippen LogP contribution in [-0.2, 0) is 14.3 Å². The average Bonchev–Trinajstić information content (AvgIpc) is 3.29. The van der Waals surface area contributed by atoms with E-state index in [0.29, 0.717) is 16.9 Å². The Kier molecular flexibility index (Phi) is 7.35. The molecule has 2 atom stereocenters.